The van der Waals surface area contributed by atoms with Gasteiger partial charge in [-0.3, -0.25) is 4.79 Å². The number of hydrogen-bond donors (Lipinski definition) is 1. The smallest absolute Gasteiger partial charge is 0.244 e. The first kappa shape index (κ1) is 11.9. The first-order valence-electron chi connectivity index (χ1n) is 5.49. The second-order valence-corrected chi connectivity index (χ2v) is 3.94. The summed E-state index contributed by atoms with van der Waals surface area (Å²) in [7, 11) is 3.16. The third-order valence-corrected chi connectivity index (χ3v) is 3.00. The Balaban J connectivity index is 2.24. The van der Waals surface area contributed by atoms with E-state index in [1.165, 1.54) is 19.2 Å². The number of methoxy groups -OCH3 is 1. The van der Waals surface area contributed by atoms with Crippen LogP contribution in [0.25, 0.3) is 0 Å². The Morgan fingerprint density at radius 1 is 1.53 bits per heavy atom. The Morgan fingerprint density at radius 3 is 2.82 bits per heavy atom. The predicted octanol–water partition coefficient (Wildman–Crippen LogP) is 1.16. The number of benzene rings is 1. The number of nitrogens with zero attached hydrogens (tertiary/aromatic N) is 1. The van der Waals surface area contributed by atoms with E-state index in [1.54, 1.807) is 18.0 Å². The monoisotopic (exact) mass is 238 g/mol. The molecule has 1 amide bonds. The number of carbonyl (C=O) groups excluding carboxylic acids is 1. The number of anilines is 1. The Labute approximate surface area is 99.4 Å². The maximum absolute atomic E-state index is 13.5. The van der Waals surface area contributed by atoms with Gasteiger partial charge in [-0.25, -0.2) is 4.39 Å². The maximum Gasteiger partial charge on any atom is 0.244 e. The zero-order valence-electron chi connectivity index (χ0n) is 9.87. The van der Waals surface area contributed by atoms with Gasteiger partial charge in [0, 0.05) is 18.3 Å². The first-order chi connectivity index (χ1) is 8.17. The molecule has 0 radical (unpaired) electrons. The second kappa shape index (κ2) is 4.71. The van der Waals surface area contributed by atoms with Crippen LogP contribution in [-0.2, 0) is 4.79 Å². The van der Waals surface area contributed by atoms with Crippen molar-refractivity contribution in [2.75, 3.05) is 25.6 Å². The highest BCUT2D eigenvalue weighted by Crippen LogP contribution is 2.26. The average molecular weight is 238 g/mol. The highest BCUT2D eigenvalue weighted by atomic mass is 19.1. The fourth-order valence-electron chi connectivity index (χ4n) is 2.03. The van der Waals surface area contributed by atoms with Crippen LogP contribution in [0.15, 0.2) is 18.2 Å². The molecule has 5 heteroatoms. The summed E-state index contributed by atoms with van der Waals surface area (Å²) in [6, 6.07) is 4.39. The zero-order chi connectivity index (χ0) is 12.4. The lowest BCUT2D eigenvalue weighted by atomic mass is 10.2. The molecule has 17 heavy (non-hydrogen) atoms. The summed E-state index contributed by atoms with van der Waals surface area (Å²) in [4.78, 5) is 13.5. The molecule has 2 rings (SSSR count). The minimum Gasteiger partial charge on any atom is -0.494 e. The average Bonchev–Trinajstić information content (AvgIpc) is 2.70. The molecular weight excluding hydrogens is 223 g/mol. The van der Waals surface area contributed by atoms with Gasteiger partial charge in [-0.15, -0.1) is 0 Å². The van der Waals surface area contributed by atoms with Gasteiger partial charge in [-0.1, -0.05) is 0 Å². The number of amides is 1. The summed E-state index contributed by atoms with van der Waals surface area (Å²) in [5.74, 6) is -0.284. The van der Waals surface area contributed by atoms with E-state index in [9.17, 15) is 9.18 Å². The Morgan fingerprint density at radius 2 is 2.29 bits per heavy atom. The largest absolute Gasteiger partial charge is 0.494 e. The van der Waals surface area contributed by atoms with Gasteiger partial charge in [0.1, 0.15) is 0 Å². The van der Waals surface area contributed by atoms with Crippen molar-refractivity contribution in [1.29, 1.82) is 0 Å². The Bertz CT molecular complexity index is 437. The van der Waals surface area contributed by atoms with Gasteiger partial charge in [0.15, 0.2) is 11.6 Å². The molecule has 0 aliphatic carbocycles. The standard InChI is InChI=1S/C12H15FN2O2/c1-14-10-5-6-15(12(10)16)8-3-4-11(17-2)9(13)7-8/h3-4,7,10,14H,5-6H2,1-2H3. The van der Waals surface area contributed by atoms with Crippen LogP contribution in [0.2, 0.25) is 0 Å². The summed E-state index contributed by atoms with van der Waals surface area (Å²) in [5, 5.41) is 2.94. The predicted molar refractivity (Wildman–Crippen MR) is 62.8 cm³/mol. The summed E-state index contributed by atoms with van der Waals surface area (Å²) >= 11 is 0. The lowest BCUT2D eigenvalue weighted by molar-refractivity contribution is -0.118. The molecular formula is C12H15FN2O2. The molecule has 0 spiro atoms. The topological polar surface area (TPSA) is 41.6 Å². The van der Waals surface area contributed by atoms with E-state index in [1.807, 2.05) is 0 Å². The van der Waals surface area contributed by atoms with E-state index >= 15 is 0 Å². The molecule has 1 aliphatic heterocycles. The van der Waals surface area contributed by atoms with Crippen LogP contribution in [0, 0.1) is 5.82 Å². The van der Waals surface area contributed by atoms with Crippen LogP contribution < -0.4 is 15.0 Å². The molecule has 1 aromatic carbocycles. The van der Waals surface area contributed by atoms with E-state index in [0.717, 1.165) is 6.42 Å². The summed E-state index contributed by atoms with van der Waals surface area (Å²) < 4.78 is 18.4. The molecule has 1 heterocycles. The van der Waals surface area contributed by atoms with E-state index < -0.39 is 5.82 Å². The van der Waals surface area contributed by atoms with Gasteiger partial charge in [0.25, 0.3) is 0 Å². The van der Waals surface area contributed by atoms with Crippen molar-refractivity contribution in [1.82, 2.24) is 5.32 Å². The quantitative estimate of drug-likeness (QED) is 0.859. The van der Waals surface area contributed by atoms with Crippen LogP contribution in [0.5, 0.6) is 5.75 Å². The molecule has 1 fully saturated rings. The molecule has 1 N–H and O–H groups in total. The van der Waals surface area contributed by atoms with E-state index in [4.69, 9.17) is 4.74 Å². The van der Waals surface area contributed by atoms with Gasteiger partial charge in [0.2, 0.25) is 5.91 Å². The van der Waals surface area contributed by atoms with Gasteiger partial charge < -0.3 is 15.0 Å². The van der Waals surface area contributed by atoms with Crippen molar-refractivity contribution < 1.29 is 13.9 Å². The van der Waals surface area contributed by atoms with Crippen LogP contribution >= 0.6 is 0 Å². The number of nitrogens with one attached hydrogen (secondary N) is 1. The van der Waals surface area contributed by atoms with E-state index in [0.29, 0.717) is 12.2 Å². The van der Waals surface area contributed by atoms with Gasteiger partial charge in [-0.05, 0) is 25.6 Å². The van der Waals surface area contributed by atoms with E-state index in [2.05, 4.69) is 5.32 Å². The van der Waals surface area contributed by atoms with Crippen LogP contribution in [0.1, 0.15) is 6.42 Å². The molecule has 1 aromatic rings. The first-order valence-corrected chi connectivity index (χ1v) is 5.49. The summed E-state index contributed by atoms with van der Waals surface area (Å²) in [6.07, 6.45) is 0.739. The van der Waals surface area contributed by atoms with Gasteiger partial charge in [-0.2, -0.15) is 0 Å². The maximum atomic E-state index is 13.5. The van der Waals surface area contributed by atoms with Gasteiger partial charge in [0.05, 0.1) is 13.2 Å². The third-order valence-electron chi connectivity index (χ3n) is 3.00. The minimum absolute atomic E-state index is 0.0166. The van der Waals surface area contributed by atoms with Crippen molar-refractivity contribution in [3.63, 3.8) is 0 Å². The summed E-state index contributed by atoms with van der Waals surface area (Å²) in [5.41, 5.74) is 0.575. The normalized spacial score (nSPS) is 19.8. The Kier molecular flexibility index (Phi) is 3.28. The van der Waals surface area contributed by atoms with Crippen LogP contribution in [-0.4, -0.2) is 32.7 Å². The molecule has 1 saturated heterocycles. The van der Waals surface area contributed by atoms with E-state index in [-0.39, 0.29) is 17.7 Å². The number of carbonyl (C=O) groups is 1. The van der Waals surface area contributed by atoms with Crippen molar-refractivity contribution >= 4 is 11.6 Å². The van der Waals surface area contributed by atoms with Crippen LogP contribution in [0.3, 0.4) is 0 Å². The molecule has 1 atom stereocenters. The molecule has 0 saturated carbocycles. The van der Waals surface area contributed by atoms with Gasteiger partial charge >= 0.3 is 0 Å². The number of halogens is 1. The number of likely N-dealkylation sites (N-methyl/N-ethyl adjacent to an activating group) is 1. The number of hydrogen-bond acceptors (Lipinski definition) is 3. The Hall–Kier alpha value is -1.62. The van der Waals surface area contributed by atoms with Crippen molar-refractivity contribution in [2.24, 2.45) is 0 Å². The lowest BCUT2D eigenvalue weighted by Gasteiger charge is -2.17. The minimum atomic E-state index is -0.453. The number of rotatable bonds is 3. The van der Waals surface area contributed by atoms with Crippen molar-refractivity contribution in [2.45, 2.75) is 12.5 Å². The zero-order valence-corrected chi connectivity index (χ0v) is 9.87. The molecule has 92 valence electrons. The molecule has 1 unspecified atom stereocenters. The van der Waals surface area contributed by atoms with Crippen molar-refractivity contribution in [3.8, 4) is 5.75 Å². The fraction of sp³-hybridized carbons (Fsp3) is 0.417. The SMILES string of the molecule is CNC1CCN(c2ccc(OC)c(F)c2)C1=O. The third kappa shape index (κ3) is 2.10. The highest BCUT2D eigenvalue weighted by molar-refractivity contribution is 5.99. The second-order valence-electron chi connectivity index (χ2n) is 3.94. The molecule has 0 aromatic heterocycles. The van der Waals surface area contributed by atoms with Crippen LogP contribution in [0.4, 0.5) is 10.1 Å². The highest BCUT2D eigenvalue weighted by Gasteiger charge is 2.31. The molecule has 4 nitrogen and oxygen atoms in total. The molecule has 0 bridgehead atoms. The molecule has 1 aliphatic rings. The van der Waals surface area contributed by atoms with Crippen molar-refractivity contribution in [3.05, 3.63) is 24.0 Å². The summed E-state index contributed by atoms with van der Waals surface area (Å²) in [6.45, 7) is 0.607. The number of ether oxygens (including phenoxy) is 1. The lowest BCUT2D eigenvalue weighted by Crippen LogP contribution is -2.36. The fourth-order valence-corrected chi connectivity index (χ4v) is 2.03.